The molecule has 0 unspecified atom stereocenters. The SMILES string of the molecule is CCNC(=NCc1ccccc1OC(F)F)NC(C)C.I. The van der Waals surface area contributed by atoms with Crippen LogP contribution in [-0.2, 0) is 6.54 Å². The molecule has 0 bridgehead atoms. The fraction of sp³-hybridized carbons (Fsp3) is 0.500. The normalized spacial score (nSPS) is 11.3. The Hall–Kier alpha value is -1.12. The summed E-state index contributed by atoms with van der Waals surface area (Å²) in [5.41, 5.74) is 0.619. The zero-order valence-corrected chi connectivity index (χ0v) is 14.7. The molecule has 1 rings (SSSR count). The molecule has 120 valence electrons. The van der Waals surface area contributed by atoms with Crippen molar-refractivity contribution in [2.24, 2.45) is 4.99 Å². The van der Waals surface area contributed by atoms with Crippen molar-refractivity contribution in [1.29, 1.82) is 0 Å². The van der Waals surface area contributed by atoms with Crippen molar-refractivity contribution in [3.8, 4) is 5.75 Å². The fourth-order valence-electron chi connectivity index (χ4n) is 1.60. The summed E-state index contributed by atoms with van der Waals surface area (Å²) >= 11 is 0. The second kappa shape index (κ2) is 10.6. The van der Waals surface area contributed by atoms with E-state index in [9.17, 15) is 8.78 Å². The van der Waals surface area contributed by atoms with E-state index in [0.29, 0.717) is 11.5 Å². The number of nitrogens with one attached hydrogen (secondary N) is 2. The van der Waals surface area contributed by atoms with E-state index in [2.05, 4.69) is 20.4 Å². The van der Waals surface area contributed by atoms with Crippen molar-refractivity contribution in [3.05, 3.63) is 29.8 Å². The average molecular weight is 413 g/mol. The summed E-state index contributed by atoms with van der Waals surface area (Å²) in [5.74, 6) is 0.806. The number of nitrogens with zero attached hydrogens (tertiary/aromatic N) is 1. The summed E-state index contributed by atoms with van der Waals surface area (Å²) < 4.78 is 29.1. The standard InChI is InChI=1S/C14H21F2N3O.HI/c1-4-17-14(19-10(2)3)18-9-11-7-5-6-8-12(11)20-13(15)16;/h5-8,10,13H,4,9H2,1-3H3,(H2,17,18,19);1H. The second-order valence-corrected chi connectivity index (χ2v) is 4.48. The number of hydrogen-bond acceptors (Lipinski definition) is 2. The van der Waals surface area contributed by atoms with E-state index in [-0.39, 0.29) is 42.3 Å². The minimum Gasteiger partial charge on any atom is -0.434 e. The Balaban J connectivity index is 0.00000400. The van der Waals surface area contributed by atoms with Crippen LogP contribution in [0.1, 0.15) is 26.3 Å². The van der Waals surface area contributed by atoms with Gasteiger partial charge in [0.25, 0.3) is 0 Å². The lowest BCUT2D eigenvalue weighted by molar-refractivity contribution is -0.0504. The molecule has 0 aliphatic rings. The highest BCUT2D eigenvalue weighted by atomic mass is 127. The number of guanidine groups is 1. The Morgan fingerprint density at radius 2 is 1.95 bits per heavy atom. The van der Waals surface area contributed by atoms with Crippen LogP contribution in [0.25, 0.3) is 0 Å². The van der Waals surface area contributed by atoms with Gasteiger partial charge >= 0.3 is 6.61 Å². The summed E-state index contributed by atoms with van der Waals surface area (Å²) in [7, 11) is 0. The molecule has 0 amide bonds. The lowest BCUT2D eigenvalue weighted by Crippen LogP contribution is -2.41. The minimum absolute atomic E-state index is 0. The monoisotopic (exact) mass is 413 g/mol. The lowest BCUT2D eigenvalue weighted by atomic mass is 10.2. The number of benzene rings is 1. The highest BCUT2D eigenvalue weighted by Gasteiger charge is 2.09. The van der Waals surface area contributed by atoms with Crippen molar-refractivity contribution in [2.75, 3.05) is 6.54 Å². The van der Waals surface area contributed by atoms with Crippen LogP contribution in [-0.4, -0.2) is 25.2 Å². The van der Waals surface area contributed by atoms with Crippen LogP contribution in [0, 0.1) is 0 Å². The zero-order chi connectivity index (χ0) is 15.0. The van der Waals surface area contributed by atoms with Gasteiger partial charge in [0.05, 0.1) is 6.54 Å². The Labute approximate surface area is 141 Å². The molecule has 0 fully saturated rings. The molecule has 7 heteroatoms. The third-order valence-electron chi connectivity index (χ3n) is 2.37. The molecule has 4 nitrogen and oxygen atoms in total. The molecule has 0 radical (unpaired) electrons. The van der Waals surface area contributed by atoms with Gasteiger partial charge in [-0.2, -0.15) is 8.78 Å². The van der Waals surface area contributed by atoms with E-state index in [4.69, 9.17) is 0 Å². The Kier molecular flexibility index (Phi) is 10.0. The van der Waals surface area contributed by atoms with Crippen LogP contribution in [0.2, 0.25) is 0 Å². The molecule has 21 heavy (non-hydrogen) atoms. The third-order valence-corrected chi connectivity index (χ3v) is 2.37. The molecule has 0 saturated heterocycles. The van der Waals surface area contributed by atoms with E-state index in [1.165, 1.54) is 6.07 Å². The van der Waals surface area contributed by atoms with E-state index in [1.807, 2.05) is 20.8 Å². The number of ether oxygens (including phenoxy) is 1. The molecule has 0 spiro atoms. The van der Waals surface area contributed by atoms with Gasteiger partial charge in [0.2, 0.25) is 0 Å². The molecule has 1 aromatic carbocycles. The van der Waals surface area contributed by atoms with Gasteiger partial charge in [-0.3, -0.25) is 0 Å². The number of para-hydroxylation sites is 1. The molecule has 0 heterocycles. The largest absolute Gasteiger partial charge is 0.434 e. The second-order valence-electron chi connectivity index (χ2n) is 4.48. The van der Waals surface area contributed by atoms with Gasteiger partial charge in [0.15, 0.2) is 5.96 Å². The molecule has 1 aromatic rings. The topological polar surface area (TPSA) is 45.7 Å². The first kappa shape index (κ1) is 19.9. The van der Waals surface area contributed by atoms with E-state index < -0.39 is 6.61 Å². The summed E-state index contributed by atoms with van der Waals surface area (Å²) in [6, 6.07) is 6.90. The number of alkyl halides is 2. The molecule has 0 aliphatic carbocycles. The van der Waals surface area contributed by atoms with Crippen LogP contribution in [0.15, 0.2) is 29.3 Å². The summed E-state index contributed by atoms with van der Waals surface area (Å²) in [6.45, 7) is 4.13. The molecule has 0 atom stereocenters. The van der Waals surface area contributed by atoms with E-state index in [0.717, 1.165) is 6.54 Å². The van der Waals surface area contributed by atoms with Gasteiger partial charge in [-0.1, -0.05) is 18.2 Å². The Bertz CT molecular complexity index is 442. The highest BCUT2D eigenvalue weighted by Crippen LogP contribution is 2.20. The predicted molar refractivity (Wildman–Crippen MR) is 91.6 cm³/mol. The van der Waals surface area contributed by atoms with Gasteiger partial charge in [-0.15, -0.1) is 24.0 Å². The highest BCUT2D eigenvalue weighted by molar-refractivity contribution is 14.0. The molecule has 0 aliphatic heterocycles. The van der Waals surface area contributed by atoms with Gasteiger partial charge in [-0.25, -0.2) is 4.99 Å². The van der Waals surface area contributed by atoms with Crippen LogP contribution in [0.3, 0.4) is 0 Å². The quantitative estimate of drug-likeness (QED) is 0.427. The maximum atomic E-state index is 12.3. The van der Waals surface area contributed by atoms with Crippen LogP contribution < -0.4 is 15.4 Å². The van der Waals surface area contributed by atoms with Crippen LogP contribution in [0.5, 0.6) is 5.75 Å². The number of halogens is 3. The third kappa shape index (κ3) is 8.03. The van der Waals surface area contributed by atoms with E-state index in [1.54, 1.807) is 18.2 Å². The summed E-state index contributed by atoms with van der Waals surface area (Å²) in [4.78, 5) is 4.36. The number of hydrogen-bond donors (Lipinski definition) is 2. The van der Waals surface area contributed by atoms with Crippen LogP contribution >= 0.6 is 24.0 Å². The lowest BCUT2D eigenvalue weighted by Gasteiger charge is -2.14. The molecule has 0 aromatic heterocycles. The van der Waals surface area contributed by atoms with Crippen molar-refractivity contribution in [3.63, 3.8) is 0 Å². The Morgan fingerprint density at radius 1 is 1.29 bits per heavy atom. The van der Waals surface area contributed by atoms with Crippen molar-refractivity contribution < 1.29 is 13.5 Å². The van der Waals surface area contributed by atoms with Gasteiger partial charge in [0, 0.05) is 18.2 Å². The zero-order valence-electron chi connectivity index (χ0n) is 12.4. The van der Waals surface area contributed by atoms with Crippen molar-refractivity contribution in [1.82, 2.24) is 10.6 Å². The molecule has 0 saturated carbocycles. The fourth-order valence-corrected chi connectivity index (χ4v) is 1.60. The van der Waals surface area contributed by atoms with Crippen molar-refractivity contribution >= 4 is 29.9 Å². The molecular formula is C14H22F2IN3O. The summed E-state index contributed by atoms with van der Waals surface area (Å²) in [5, 5.41) is 6.26. The van der Waals surface area contributed by atoms with E-state index >= 15 is 0 Å². The first-order chi connectivity index (χ1) is 9.52. The number of rotatable bonds is 6. The van der Waals surface area contributed by atoms with Crippen LogP contribution in [0.4, 0.5) is 8.78 Å². The first-order valence-electron chi connectivity index (χ1n) is 6.60. The van der Waals surface area contributed by atoms with Gasteiger partial charge in [0.1, 0.15) is 5.75 Å². The molecular weight excluding hydrogens is 391 g/mol. The Morgan fingerprint density at radius 3 is 2.52 bits per heavy atom. The maximum absolute atomic E-state index is 12.3. The van der Waals surface area contributed by atoms with Crippen molar-refractivity contribution in [2.45, 2.75) is 40.0 Å². The average Bonchev–Trinajstić information content (AvgIpc) is 2.36. The summed E-state index contributed by atoms with van der Waals surface area (Å²) in [6.07, 6.45) is 0. The maximum Gasteiger partial charge on any atom is 0.387 e. The minimum atomic E-state index is -2.83. The van der Waals surface area contributed by atoms with Gasteiger partial charge in [-0.05, 0) is 26.8 Å². The smallest absolute Gasteiger partial charge is 0.387 e. The predicted octanol–water partition coefficient (Wildman–Crippen LogP) is 3.37. The first-order valence-corrected chi connectivity index (χ1v) is 6.60. The number of aliphatic imine (C=N–C) groups is 1. The van der Waals surface area contributed by atoms with Gasteiger partial charge < -0.3 is 15.4 Å². The molecule has 2 N–H and O–H groups in total.